The summed E-state index contributed by atoms with van der Waals surface area (Å²) in [5, 5.41) is 3.49. The van der Waals surface area contributed by atoms with Gasteiger partial charge >= 0.3 is 6.03 Å². The van der Waals surface area contributed by atoms with Crippen molar-refractivity contribution in [2.24, 2.45) is 5.92 Å². The Morgan fingerprint density at radius 2 is 1.81 bits per heavy atom. The quantitative estimate of drug-likeness (QED) is 0.820. The minimum atomic E-state index is -0.877. The second kappa shape index (κ2) is 7.27. The number of halogens is 1. The Labute approximate surface area is 158 Å². The molecule has 1 aromatic carbocycles. The van der Waals surface area contributed by atoms with Crippen LogP contribution in [0.25, 0.3) is 0 Å². The lowest BCUT2D eigenvalue weighted by Gasteiger charge is -2.37. The van der Waals surface area contributed by atoms with Gasteiger partial charge in [0, 0.05) is 24.5 Å². The minimum Gasteiger partial charge on any atom is -0.342 e. The molecule has 0 aliphatic carbocycles. The van der Waals surface area contributed by atoms with Gasteiger partial charge in [-0.1, -0.05) is 37.6 Å². The molecule has 2 heterocycles. The van der Waals surface area contributed by atoms with Crippen LogP contribution in [0.3, 0.4) is 0 Å². The zero-order chi connectivity index (χ0) is 18.9. The molecular formula is C19H24ClN3O3. The third kappa shape index (κ3) is 3.70. The highest BCUT2D eigenvalue weighted by Crippen LogP contribution is 2.31. The van der Waals surface area contributed by atoms with E-state index in [9.17, 15) is 14.4 Å². The lowest BCUT2D eigenvalue weighted by molar-refractivity contribution is -0.139. The van der Waals surface area contributed by atoms with E-state index in [1.165, 1.54) is 4.90 Å². The van der Waals surface area contributed by atoms with Crippen molar-refractivity contribution >= 4 is 29.4 Å². The third-order valence-electron chi connectivity index (χ3n) is 5.05. The van der Waals surface area contributed by atoms with Gasteiger partial charge < -0.3 is 10.2 Å². The number of carbonyl (C=O) groups excluding carboxylic acids is 3. The van der Waals surface area contributed by atoms with Gasteiger partial charge in [-0.15, -0.1) is 0 Å². The van der Waals surface area contributed by atoms with Gasteiger partial charge in [-0.2, -0.15) is 0 Å². The van der Waals surface area contributed by atoms with Crippen molar-refractivity contribution in [3.05, 3.63) is 34.9 Å². The summed E-state index contributed by atoms with van der Waals surface area (Å²) in [6.45, 7) is 5.23. The molecule has 2 saturated heterocycles. The average molecular weight is 378 g/mol. The number of hydrogen-bond acceptors (Lipinski definition) is 3. The van der Waals surface area contributed by atoms with Gasteiger partial charge in [0.2, 0.25) is 5.91 Å². The number of urea groups is 1. The molecule has 0 bridgehead atoms. The minimum absolute atomic E-state index is 0.115. The molecule has 2 aliphatic heterocycles. The van der Waals surface area contributed by atoms with Gasteiger partial charge in [0.1, 0.15) is 5.54 Å². The van der Waals surface area contributed by atoms with Crippen LogP contribution in [-0.4, -0.2) is 46.3 Å². The Morgan fingerprint density at radius 3 is 2.38 bits per heavy atom. The van der Waals surface area contributed by atoms with E-state index >= 15 is 0 Å². The highest BCUT2D eigenvalue weighted by Gasteiger charge is 2.52. The maximum absolute atomic E-state index is 12.9. The largest absolute Gasteiger partial charge is 0.342 e. The standard InChI is InChI=1S/C19H24ClN3O3/c1-13(2)11-16(24)22-9-7-19(8-10-22)17(25)23(18(26)21-19)12-14-3-5-15(20)6-4-14/h3-6,13H,7-12H2,1-2H3,(H,21,26). The Balaban J connectivity index is 1.65. The number of hydrogen-bond donors (Lipinski definition) is 1. The molecule has 0 radical (unpaired) electrons. The summed E-state index contributed by atoms with van der Waals surface area (Å²) in [5.74, 6) is 0.221. The van der Waals surface area contributed by atoms with Crippen molar-refractivity contribution < 1.29 is 14.4 Å². The fourth-order valence-corrected chi connectivity index (χ4v) is 3.67. The highest BCUT2D eigenvalue weighted by atomic mass is 35.5. The van der Waals surface area contributed by atoms with Crippen molar-refractivity contribution in [3.63, 3.8) is 0 Å². The van der Waals surface area contributed by atoms with Crippen LogP contribution in [0.15, 0.2) is 24.3 Å². The first-order valence-corrected chi connectivity index (χ1v) is 9.35. The summed E-state index contributed by atoms with van der Waals surface area (Å²) >= 11 is 5.88. The van der Waals surface area contributed by atoms with Gasteiger partial charge in [0.05, 0.1) is 6.54 Å². The predicted molar refractivity (Wildman–Crippen MR) is 98.5 cm³/mol. The van der Waals surface area contributed by atoms with E-state index in [1.807, 2.05) is 13.8 Å². The Bertz CT molecular complexity index is 709. The molecule has 3 rings (SSSR count). The second-order valence-corrected chi connectivity index (χ2v) is 7.95. The van der Waals surface area contributed by atoms with Crippen LogP contribution in [0.5, 0.6) is 0 Å². The number of carbonyl (C=O) groups is 3. The lowest BCUT2D eigenvalue weighted by Crippen LogP contribution is -2.55. The zero-order valence-corrected chi connectivity index (χ0v) is 15.9. The van der Waals surface area contributed by atoms with E-state index in [2.05, 4.69) is 5.32 Å². The molecule has 26 heavy (non-hydrogen) atoms. The van der Waals surface area contributed by atoms with Crippen molar-refractivity contribution in [1.29, 1.82) is 0 Å². The number of nitrogens with one attached hydrogen (secondary N) is 1. The summed E-state index contributed by atoms with van der Waals surface area (Å²) in [4.78, 5) is 40.6. The van der Waals surface area contributed by atoms with Crippen LogP contribution in [0.2, 0.25) is 5.02 Å². The first kappa shape index (κ1) is 18.7. The number of amides is 4. The van der Waals surface area contributed by atoms with E-state index in [4.69, 9.17) is 11.6 Å². The van der Waals surface area contributed by atoms with Crippen LogP contribution in [0.1, 0.15) is 38.7 Å². The van der Waals surface area contributed by atoms with Gasteiger partial charge in [0.25, 0.3) is 5.91 Å². The third-order valence-corrected chi connectivity index (χ3v) is 5.30. The summed E-state index contributed by atoms with van der Waals surface area (Å²) in [6, 6.07) is 6.72. The molecule has 0 saturated carbocycles. The summed E-state index contributed by atoms with van der Waals surface area (Å²) < 4.78 is 0. The maximum atomic E-state index is 12.9. The van der Waals surface area contributed by atoms with Crippen molar-refractivity contribution in [2.75, 3.05) is 13.1 Å². The smallest absolute Gasteiger partial charge is 0.325 e. The molecule has 1 aromatic rings. The SMILES string of the molecule is CC(C)CC(=O)N1CCC2(CC1)NC(=O)N(Cc1ccc(Cl)cc1)C2=O. The molecule has 1 spiro atoms. The molecule has 7 heteroatoms. The molecule has 0 atom stereocenters. The molecule has 2 fully saturated rings. The number of piperidine rings is 1. The van der Waals surface area contributed by atoms with E-state index < -0.39 is 5.54 Å². The molecule has 2 aliphatic rings. The average Bonchev–Trinajstić information content (AvgIpc) is 2.81. The fraction of sp³-hybridized carbons (Fsp3) is 0.526. The summed E-state index contributed by atoms with van der Waals surface area (Å²) in [6.07, 6.45) is 1.42. The predicted octanol–water partition coefficient (Wildman–Crippen LogP) is 2.80. The molecule has 4 amide bonds. The van der Waals surface area contributed by atoms with Crippen molar-refractivity contribution in [1.82, 2.24) is 15.1 Å². The van der Waals surface area contributed by atoms with Crippen molar-refractivity contribution in [2.45, 2.75) is 45.2 Å². The van der Waals surface area contributed by atoms with Gasteiger partial charge in [-0.25, -0.2) is 4.79 Å². The zero-order valence-electron chi connectivity index (χ0n) is 15.1. The van der Waals surface area contributed by atoms with Gasteiger partial charge in [0.15, 0.2) is 0 Å². The number of nitrogens with zero attached hydrogens (tertiary/aromatic N) is 2. The van der Waals surface area contributed by atoms with E-state index in [1.54, 1.807) is 29.2 Å². The Hall–Kier alpha value is -2.08. The molecule has 0 unspecified atom stereocenters. The monoisotopic (exact) mass is 377 g/mol. The number of benzene rings is 1. The van der Waals surface area contributed by atoms with E-state index in [0.29, 0.717) is 43.3 Å². The first-order valence-electron chi connectivity index (χ1n) is 8.97. The number of likely N-dealkylation sites (tertiary alicyclic amines) is 1. The van der Waals surface area contributed by atoms with E-state index in [-0.39, 0.29) is 24.4 Å². The van der Waals surface area contributed by atoms with Crippen molar-refractivity contribution in [3.8, 4) is 0 Å². The summed E-state index contributed by atoms with van der Waals surface area (Å²) in [5.41, 5.74) is -0.0301. The van der Waals surface area contributed by atoms with Crippen LogP contribution in [0, 0.1) is 5.92 Å². The molecule has 0 aromatic heterocycles. The second-order valence-electron chi connectivity index (χ2n) is 7.51. The molecule has 1 N–H and O–H groups in total. The van der Waals surface area contributed by atoms with Gasteiger partial charge in [-0.3, -0.25) is 14.5 Å². The van der Waals surface area contributed by atoms with Crippen LogP contribution >= 0.6 is 11.6 Å². The Morgan fingerprint density at radius 1 is 1.19 bits per heavy atom. The van der Waals surface area contributed by atoms with E-state index in [0.717, 1.165) is 5.56 Å². The van der Waals surface area contributed by atoms with Crippen LogP contribution in [0.4, 0.5) is 4.79 Å². The first-order chi connectivity index (χ1) is 12.3. The molecule has 140 valence electrons. The highest BCUT2D eigenvalue weighted by molar-refractivity contribution is 6.30. The van der Waals surface area contributed by atoms with Gasteiger partial charge in [-0.05, 0) is 36.5 Å². The molecule has 6 nitrogen and oxygen atoms in total. The topological polar surface area (TPSA) is 69.7 Å². The van der Waals surface area contributed by atoms with Crippen LogP contribution in [-0.2, 0) is 16.1 Å². The van der Waals surface area contributed by atoms with Crippen LogP contribution < -0.4 is 5.32 Å². The number of imide groups is 1. The maximum Gasteiger partial charge on any atom is 0.325 e. The molecular weight excluding hydrogens is 354 g/mol. The lowest BCUT2D eigenvalue weighted by atomic mass is 9.87. The summed E-state index contributed by atoms with van der Waals surface area (Å²) in [7, 11) is 0. The number of rotatable bonds is 4. The normalized spacial score (nSPS) is 19.4. The fourth-order valence-electron chi connectivity index (χ4n) is 3.55. The Kier molecular flexibility index (Phi) is 5.23.